The number of thioether (sulfide) groups is 1. The van der Waals surface area contributed by atoms with E-state index in [1.165, 1.54) is 32.9 Å². The number of methoxy groups -OCH3 is 1. The second-order valence-corrected chi connectivity index (χ2v) is 13.1. The summed E-state index contributed by atoms with van der Waals surface area (Å²) in [7, 11) is 1.58. The minimum Gasteiger partial charge on any atom is -0.496 e. The van der Waals surface area contributed by atoms with Gasteiger partial charge in [-0.05, 0) is 60.4 Å². The number of hydrogen-bond donors (Lipinski definition) is 1. The molecule has 42 heavy (non-hydrogen) atoms. The van der Waals surface area contributed by atoms with E-state index in [-0.39, 0.29) is 28.7 Å². The van der Waals surface area contributed by atoms with E-state index < -0.39 is 0 Å². The summed E-state index contributed by atoms with van der Waals surface area (Å²) in [6.45, 7) is 6.85. The van der Waals surface area contributed by atoms with Crippen molar-refractivity contribution in [3.8, 4) is 11.8 Å². The van der Waals surface area contributed by atoms with Crippen LogP contribution in [-0.2, 0) is 22.4 Å². The average Bonchev–Trinajstić information content (AvgIpc) is 3.51. The van der Waals surface area contributed by atoms with E-state index in [0.717, 1.165) is 36.8 Å². The number of rotatable bonds is 8. The van der Waals surface area contributed by atoms with E-state index in [4.69, 9.17) is 4.74 Å². The number of anilines is 2. The monoisotopic (exact) mass is 598 g/mol. The number of benzene rings is 2. The molecule has 0 spiro atoms. The van der Waals surface area contributed by atoms with Gasteiger partial charge in [-0.1, -0.05) is 75.4 Å². The van der Waals surface area contributed by atoms with E-state index in [1.54, 1.807) is 13.2 Å². The second kappa shape index (κ2) is 12.6. The third-order valence-corrected chi connectivity index (χ3v) is 10.4. The van der Waals surface area contributed by atoms with Gasteiger partial charge in [-0.15, -0.1) is 11.3 Å². The van der Waals surface area contributed by atoms with Gasteiger partial charge in [0.25, 0.3) is 5.91 Å². The quantitative estimate of drug-likeness (QED) is 0.275. The van der Waals surface area contributed by atoms with Crippen molar-refractivity contribution in [3.05, 3.63) is 81.9 Å². The Morgan fingerprint density at radius 1 is 1.24 bits per heavy atom. The molecule has 1 aliphatic heterocycles. The number of carbonyl (C=O) groups excluding carboxylic acids is 2. The van der Waals surface area contributed by atoms with E-state index in [2.05, 4.69) is 37.1 Å². The van der Waals surface area contributed by atoms with Crippen molar-refractivity contribution >= 4 is 56.8 Å². The summed E-state index contributed by atoms with van der Waals surface area (Å²) in [5.41, 5.74) is 3.56. The zero-order valence-electron chi connectivity index (χ0n) is 24.3. The largest absolute Gasteiger partial charge is 0.496 e. The predicted molar refractivity (Wildman–Crippen MR) is 172 cm³/mol. The van der Waals surface area contributed by atoms with Crippen LogP contribution in [0.15, 0.2) is 65.3 Å². The van der Waals surface area contributed by atoms with Crippen LogP contribution in [0.1, 0.15) is 55.2 Å². The van der Waals surface area contributed by atoms with Crippen molar-refractivity contribution in [2.75, 3.05) is 23.1 Å². The smallest absolute Gasteiger partial charge is 0.283 e. The lowest BCUT2D eigenvalue weighted by Gasteiger charge is -2.36. The SMILES string of the molecule is CCC(C)(C)[C@@H]1CCc2c(sc(NC(=O)CSC3=N/C(=C\c4ccccc4OC)C(=O)N3c3ccccc3)c2C#N)C1. The van der Waals surface area contributed by atoms with Crippen LogP contribution >= 0.6 is 23.1 Å². The van der Waals surface area contributed by atoms with Gasteiger partial charge in [-0.3, -0.25) is 14.5 Å². The molecule has 2 heterocycles. The van der Waals surface area contributed by atoms with Crippen LogP contribution in [0, 0.1) is 22.7 Å². The Hall–Kier alpha value is -3.87. The van der Waals surface area contributed by atoms with Crippen molar-refractivity contribution in [2.24, 2.45) is 16.3 Å². The predicted octanol–water partition coefficient (Wildman–Crippen LogP) is 7.29. The van der Waals surface area contributed by atoms with Gasteiger partial charge in [-0.25, -0.2) is 4.99 Å². The van der Waals surface area contributed by atoms with Gasteiger partial charge in [0.2, 0.25) is 5.91 Å². The van der Waals surface area contributed by atoms with Crippen LogP contribution in [0.5, 0.6) is 5.75 Å². The van der Waals surface area contributed by atoms with Gasteiger partial charge >= 0.3 is 0 Å². The Labute approximate surface area is 255 Å². The highest BCUT2D eigenvalue weighted by atomic mass is 32.2. The number of aliphatic imine (C=N–C) groups is 1. The number of nitrogens with zero attached hydrogens (tertiary/aromatic N) is 3. The van der Waals surface area contributed by atoms with Crippen LogP contribution in [-0.4, -0.2) is 29.8 Å². The minimum absolute atomic E-state index is 0.0380. The number of amidine groups is 1. The molecule has 216 valence electrons. The molecule has 1 aliphatic carbocycles. The first-order valence-corrected chi connectivity index (χ1v) is 15.9. The molecular weight excluding hydrogens is 565 g/mol. The molecule has 1 atom stereocenters. The lowest BCUT2D eigenvalue weighted by molar-refractivity contribution is -0.114. The van der Waals surface area contributed by atoms with Crippen LogP contribution in [0.3, 0.4) is 0 Å². The topological polar surface area (TPSA) is 94.8 Å². The third-order valence-electron chi connectivity index (χ3n) is 8.25. The minimum atomic E-state index is -0.280. The number of fused-ring (bicyclic) bond motifs is 1. The molecule has 0 saturated heterocycles. The van der Waals surface area contributed by atoms with Crippen LogP contribution in [0.4, 0.5) is 10.7 Å². The number of nitrogens with one attached hydrogen (secondary N) is 1. The van der Waals surface area contributed by atoms with Crippen molar-refractivity contribution < 1.29 is 14.3 Å². The number of hydrogen-bond acceptors (Lipinski definition) is 7. The van der Waals surface area contributed by atoms with E-state index in [0.29, 0.717) is 33.1 Å². The molecule has 7 nitrogen and oxygen atoms in total. The Morgan fingerprint density at radius 3 is 2.69 bits per heavy atom. The zero-order chi connectivity index (χ0) is 29.9. The maximum absolute atomic E-state index is 13.5. The fourth-order valence-corrected chi connectivity index (χ4v) is 7.48. The summed E-state index contributed by atoms with van der Waals surface area (Å²) in [5, 5.41) is 14.0. The number of ether oxygens (including phenoxy) is 1. The first kappa shape index (κ1) is 29.6. The molecule has 1 aromatic heterocycles. The summed E-state index contributed by atoms with van der Waals surface area (Å²) >= 11 is 2.72. The maximum Gasteiger partial charge on any atom is 0.283 e. The van der Waals surface area contributed by atoms with E-state index in [9.17, 15) is 14.9 Å². The molecule has 2 aromatic carbocycles. The van der Waals surface area contributed by atoms with Gasteiger partial charge in [-0.2, -0.15) is 5.26 Å². The van der Waals surface area contributed by atoms with Crippen molar-refractivity contribution in [1.82, 2.24) is 0 Å². The molecule has 2 aliphatic rings. The third kappa shape index (κ3) is 6.01. The highest BCUT2D eigenvalue weighted by molar-refractivity contribution is 8.14. The molecule has 3 aromatic rings. The van der Waals surface area contributed by atoms with Crippen molar-refractivity contribution in [1.29, 1.82) is 5.26 Å². The molecule has 0 unspecified atom stereocenters. The lowest BCUT2D eigenvalue weighted by atomic mass is 9.69. The van der Waals surface area contributed by atoms with E-state index in [1.807, 2.05) is 54.6 Å². The summed E-state index contributed by atoms with van der Waals surface area (Å²) in [6, 6.07) is 19.0. The fraction of sp³-hybridized carbons (Fsp3) is 0.333. The Kier molecular flexibility index (Phi) is 8.85. The van der Waals surface area contributed by atoms with Crippen molar-refractivity contribution in [3.63, 3.8) is 0 Å². The summed E-state index contributed by atoms with van der Waals surface area (Å²) in [4.78, 5) is 34.1. The number of para-hydroxylation sites is 2. The molecule has 0 bridgehead atoms. The number of nitriles is 1. The van der Waals surface area contributed by atoms with Gasteiger partial charge in [0.1, 0.15) is 22.5 Å². The number of thiophene rings is 1. The zero-order valence-corrected chi connectivity index (χ0v) is 25.9. The highest BCUT2D eigenvalue weighted by Gasteiger charge is 2.35. The first-order valence-electron chi connectivity index (χ1n) is 14.1. The highest BCUT2D eigenvalue weighted by Crippen LogP contribution is 2.45. The number of amides is 2. The second-order valence-electron chi connectivity index (χ2n) is 11.1. The van der Waals surface area contributed by atoms with Gasteiger partial charge < -0.3 is 10.1 Å². The Balaban J connectivity index is 1.35. The summed E-state index contributed by atoms with van der Waals surface area (Å²) in [5.74, 6) is 0.703. The van der Waals surface area contributed by atoms with Crippen molar-refractivity contribution in [2.45, 2.75) is 46.5 Å². The standard InChI is InChI=1S/C33H34N4O3S2/c1-5-33(2,3)22-15-16-24-25(19-34)30(42-28(24)18-22)36-29(38)20-41-32-35-26(17-21-11-9-10-14-27(21)40-4)31(39)37(32)23-12-7-6-8-13-23/h6-14,17,22H,5,15-16,18,20H2,1-4H3,(H,36,38)/b26-17-/t22-/m1/s1. The van der Waals surface area contributed by atoms with Crippen LogP contribution in [0.2, 0.25) is 0 Å². The molecule has 1 N–H and O–H groups in total. The lowest BCUT2D eigenvalue weighted by Crippen LogP contribution is -2.31. The maximum atomic E-state index is 13.5. The molecular formula is C33H34N4O3S2. The number of carbonyl (C=O) groups is 2. The summed E-state index contributed by atoms with van der Waals surface area (Å²) < 4.78 is 5.44. The molecule has 2 amide bonds. The van der Waals surface area contributed by atoms with Crippen LogP contribution < -0.4 is 15.0 Å². The molecule has 0 fully saturated rings. The average molecular weight is 599 g/mol. The van der Waals surface area contributed by atoms with E-state index >= 15 is 0 Å². The molecule has 0 radical (unpaired) electrons. The molecule has 5 rings (SSSR count). The van der Waals surface area contributed by atoms with Gasteiger partial charge in [0.15, 0.2) is 5.17 Å². The first-order chi connectivity index (χ1) is 20.2. The van der Waals surface area contributed by atoms with Crippen LogP contribution in [0.25, 0.3) is 6.08 Å². The normalized spacial score (nSPS) is 17.5. The molecule has 9 heteroatoms. The fourth-order valence-electron chi connectivity index (χ4n) is 5.37. The Bertz CT molecular complexity index is 1600. The molecule has 0 saturated carbocycles. The summed E-state index contributed by atoms with van der Waals surface area (Å²) in [6.07, 6.45) is 5.65. The van der Waals surface area contributed by atoms with Gasteiger partial charge in [0, 0.05) is 10.4 Å². The Morgan fingerprint density at radius 2 is 1.98 bits per heavy atom. The van der Waals surface area contributed by atoms with Gasteiger partial charge in [0.05, 0.1) is 24.1 Å².